The maximum atomic E-state index is 12.7. The van der Waals surface area contributed by atoms with Crippen molar-refractivity contribution in [2.45, 2.75) is 24.7 Å². The van der Waals surface area contributed by atoms with E-state index in [4.69, 9.17) is 4.74 Å². The van der Waals surface area contributed by atoms with Crippen LogP contribution in [0.3, 0.4) is 0 Å². The number of hydrogen-bond acceptors (Lipinski definition) is 4. The average molecular weight is 388 g/mol. The predicted molar refractivity (Wildman–Crippen MR) is 104 cm³/mol. The van der Waals surface area contributed by atoms with Gasteiger partial charge in [0.05, 0.1) is 18.1 Å². The van der Waals surface area contributed by atoms with Crippen molar-refractivity contribution in [1.82, 2.24) is 4.31 Å². The van der Waals surface area contributed by atoms with Crippen LogP contribution in [0.2, 0.25) is 0 Å². The molecule has 144 valence electrons. The second-order valence-corrected chi connectivity index (χ2v) is 8.46. The molecule has 27 heavy (non-hydrogen) atoms. The van der Waals surface area contributed by atoms with Crippen LogP contribution in [-0.2, 0) is 26.0 Å². The molecule has 1 N–H and O–H groups in total. The van der Waals surface area contributed by atoms with Crippen molar-refractivity contribution in [1.29, 1.82) is 0 Å². The lowest BCUT2D eigenvalue weighted by Crippen LogP contribution is -2.40. The van der Waals surface area contributed by atoms with Crippen molar-refractivity contribution < 1.29 is 17.9 Å². The van der Waals surface area contributed by atoms with Crippen LogP contribution in [0.1, 0.15) is 17.5 Å². The van der Waals surface area contributed by atoms with Crippen LogP contribution in [0, 0.1) is 6.92 Å². The van der Waals surface area contributed by atoms with Gasteiger partial charge in [-0.1, -0.05) is 30.3 Å². The van der Waals surface area contributed by atoms with Crippen LogP contribution < -0.4 is 5.32 Å². The van der Waals surface area contributed by atoms with Crippen molar-refractivity contribution in [2.24, 2.45) is 0 Å². The summed E-state index contributed by atoms with van der Waals surface area (Å²) in [4.78, 5) is 12.5. The minimum Gasteiger partial charge on any atom is -0.379 e. The highest BCUT2D eigenvalue weighted by Crippen LogP contribution is 2.23. The van der Waals surface area contributed by atoms with Crippen molar-refractivity contribution in [2.75, 3.05) is 31.6 Å². The number of sulfonamides is 1. The number of ether oxygens (including phenoxy) is 1. The van der Waals surface area contributed by atoms with Crippen molar-refractivity contribution in [3.8, 4) is 0 Å². The van der Waals surface area contributed by atoms with Crippen LogP contribution >= 0.6 is 0 Å². The number of nitrogens with one attached hydrogen (secondary N) is 1. The summed E-state index contributed by atoms with van der Waals surface area (Å²) in [6.07, 6.45) is 1.03. The molecule has 1 aliphatic heterocycles. The first-order valence-electron chi connectivity index (χ1n) is 8.99. The van der Waals surface area contributed by atoms with E-state index >= 15 is 0 Å². The van der Waals surface area contributed by atoms with E-state index in [0.717, 1.165) is 11.1 Å². The van der Waals surface area contributed by atoms with E-state index in [-0.39, 0.29) is 10.8 Å². The number of morpholine rings is 1. The maximum Gasteiger partial charge on any atom is 0.243 e. The summed E-state index contributed by atoms with van der Waals surface area (Å²) in [5, 5.41) is 2.87. The van der Waals surface area contributed by atoms with E-state index in [1.165, 1.54) is 4.31 Å². The van der Waals surface area contributed by atoms with Crippen LogP contribution in [0.4, 0.5) is 5.69 Å². The number of aryl methyl sites for hydroxylation is 2. The molecule has 2 aromatic carbocycles. The first-order valence-corrected chi connectivity index (χ1v) is 10.4. The lowest BCUT2D eigenvalue weighted by molar-refractivity contribution is -0.116. The highest BCUT2D eigenvalue weighted by Gasteiger charge is 2.26. The summed E-state index contributed by atoms with van der Waals surface area (Å²) in [6, 6.07) is 14.6. The Labute approximate surface area is 160 Å². The Hall–Kier alpha value is -2.22. The third kappa shape index (κ3) is 4.94. The molecule has 7 heteroatoms. The molecule has 0 aromatic heterocycles. The number of hydrogen-bond donors (Lipinski definition) is 1. The fourth-order valence-corrected chi connectivity index (χ4v) is 4.48. The minimum absolute atomic E-state index is 0.0919. The summed E-state index contributed by atoms with van der Waals surface area (Å²) in [6.45, 7) is 3.34. The Balaban J connectivity index is 1.65. The fraction of sp³-hybridized carbons (Fsp3) is 0.350. The lowest BCUT2D eigenvalue weighted by Gasteiger charge is -2.26. The molecule has 0 saturated carbocycles. The van der Waals surface area contributed by atoms with E-state index in [9.17, 15) is 13.2 Å². The molecule has 3 rings (SSSR count). The van der Waals surface area contributed by atoms with Crippen molar-refractivity contribution in [3.05, 3.63) is 59.7 Å². The first kappa shape index (κ1) is 19.5. The summed E-state index contributed by atoms with van der Waals surface area (Å²) in [7, 11) is -3.54. The Morgan fingerprint density at radius 1 is 1.11 bits per heavy atom. The normalized spacial score (nSPS) is 15.4. The topological polar surface area (TPSA) is 75.7 Å². The molecule has 1 aliphatic rings. The number of anilines is 1. The average Bonchev–Trinajstić information content (AvgIpc) is 2.69. The van der Waals surface area contributed by atoms with E-state index in [2.05, 4.69) is 5.32 Å². The second kappa shape index (κ2) is 8.65. The van der Waals surface area contributed by atoms with E-state index in [1.807, 2.05) is 30.3 Å². The maximum absolute atomic E-state index is 12.7. The third-order valence-electron chi connectivity index (χ3n) is 4.56. The molecule has 1 amide bonds. The molecule has 2 aromatic rings. The summed E-state index contributed by atoms with van der Waals surface area (Å²) in [5.41, 5.74) is 2.46. The van der Waals surface area contributed by atoms with E-state index in [1.54, 1.807) is 25.1 Å². The quantitative estimate of drug-likeness (QED) is 0.825. The summed E-state index contributed by atoms with van der Waals surface area (Å²) >= 11 is 0. The first-order chi connectivity index (χ1) is 13.0. The highest BCUT2D eigenvalue weighted by atomic mass is 32.2. The summed E-state index contributed by atoms with van der Waals surface area (Å²) < 4.78 is 32.1. The van der Waals surface area contributed by atoms with Gasteiger partial charge >= 0.3 is 0 Å². The van der Waals surface area contributed by atoms with E-state index < -0.39 is 10.0 Å². The van der Waals surface area contributed by atoms with Gasteiger partial charge in [0.15, 0.2) is 0 Å². The van der Waals surface area contributed by atoms with Crippen LogP contribution in [0.15, 0.2) is 53.4 Å². The third-order valence-corrected chi connectivity index (χ3v) is 6.46. The number of nitrogens with zero attached hydrogens (tertiary/aromatic N) is 1. The Bertz CT molecular complexity index is 891. The Morgan fingerprint density at radius 3 is 2.48 bits per heavy atom. The molecule has 6 nitrogen and oxygen atoms in total. The van der Waals surface area contributed by atoms with Gasteiger partial charge in [-0.2, -0.15) is 4.31 Å². The van der Waals surface area contributed by atoms with Crippen LogP contribution in [-0.4, -0.2) is 44.9 Å². The highest BCUT2D eigenvalue weighted by molar-refractivity contribution is 7.89. The van der Waals surface area contributed by atoms with Crippen LogP contribution in [0.5, 0.6) is 0 Å². The van der Waals surface area contributed by atoms with Gasteiger partial charge in [0, 0.05) is 25.2 Å². The molecule has 1 fully saturated rings. The monoisotopic (exact) mass is 388 g/mol. The second-order valence-electron chi connectivity index (χ2n) is 6.53. The number of carbonyl (C=O) groups excluding carboxylic acids is 1. The number of rotatable bonds is 6. The molecule has 1 heterocycles. The van der Waals surface area contributed by atoms with Gasteiger partial charge in [-0.05, 0) is 42.7 Å². The number of amides is 1. The van der Waals surface area contributed by atoms with Gasteiger partial charge in [0.25, 0.3) is 0 Å². The van der Waals surface area contributed by atoms with Gasteiger partial charge < -0.3 is 10.1 Å². The molecule has 0 radical (unpaired) electrons. The SMILES string of the molecule is Cc1cc(S(=O)(=O)N2CCOCC2)ccc1NC(=O)CCc1ccccc1. The smallest absolute Gasteiger partial charge is 0.243 e. The molecule has 0 spiro atoms. The zero-order valence-electron chi connectivity index (χ0n) is 15.3. The lowest BCUT2D eigenvalue weighted by atomic mass is 10.1. The zero-order valence-corrected chi connectivity index (χ0v) is 16.2. The predicted octanol–water partition coefficient (Wildman–Crippen LogP) is 2.59. The largest absolute Gasteiger partial charge is 0.379 e. The number of benzene rings is 2. The zero-order chi connectivity index (χ0) is 19.3. The Morgan fingerprint density at radius 2 is 1.81 bits per heavy atom. The molecular formula is C20H24N2O4S. The van der Waals surface area contributed by atoms with Gasteiger partial charge in [-0.3, -0.25) is 4.79 Å². The van der Waals surface area contributed by atoms with Gasteiger partial charge in [-0.15, -0.1) is 0 Å². The summed E-state index contributed by atoms with van der Waals surface area (Å²) in [5.74, 6) is -0.0919. The molecule has 0 atom stereocenters. The number of carbonyl (C=O) groups is 1. The van der Waals surface area contributed by atoms with Gasteiger partial charge in [0.1, 0.15) is 0 Å². The molecule has 0 bridgehead atoms. The molecule has 0 aliphatic carbocycles. The van der Waals surface area contributed by atoms with Gasteiger partial charge in [0.2, 0.25) is 15.9 Å². The van der Waals surface area contributed by atoms with Crippen LogP contribution in [0.25, 0.3) is 0 Å². The minimum atomic E-state index is -3.54. The standard InChI is InChI=1S/C20H24N2O4S/c1-16-15-18(27(24,25)22-11-13-26-14-12-22)8-9-19(16)21-20(23)10-7-17-5-3-2-4-6-17/h2-6,8-9,15H,7,10-14H2,1H3,(H,21,23). The Kier molecular flexibility index (Phi) is 6.26. The molecule has 1 saturated heterocycles. The van der Waals surface area contributed by atoms with E-state index in [0.29, 0.717) is 44.8 Å². The van der Waals surface area contributed by atoms with Crippen molar-refractivity contribution >= 4 is 21.6 Å². The molecule has 0 unspecified atom stereocenters. The van der Waals surface area contributed by atoms with Gasteiger partial charge in [-0.25, -0.2) is 8.42 Å². The van der Waals surface area contributed by atoms with Crippen molar-refractivity contribution in [3.63, 3.8) is 0 Å². The fourth-order valence-electron chi connectivity index (χ4n) is 2.99. The molecular weight excluding hydrogens is 364 g/mol.